The van der Waals surface area contributed by atoms with Gasteiger partial charge in [-0.1, -0.05) is 0 Å². The van der Waals surface area contributed by atoms with Crippen molar-refractivity contribution < 1.29 is 9.53 Å². The van der Waals surface area contributed by atoms with Crippen LogP contribution in [-0.2, 0) is 4.74 Å². The molecule has 5 nitrogen and oxygen atoms in total. The van der Waals surface area contributed by atoms with Crippen LogP contribution < -0.4 is 5.73 Å². The highest BCUT2D eigenvalue weighted by Gasteiger charge is 2.20. The molecule has 0 saturated carbocycles. The summed E-state index contributed by atoms with van der Waals surface area (Å²) < 4.78 is 7.42. The quantitative estimate of drug-likeness (QED) is 0.633. The lowest BCUT2D eigenvalue weighted by Crippen LogP contribution is -2.10. The number of rotatable bonds is 1. The van der Waals surface area contributed by atoms with Crippen LogP contribution in [0.3, 0.4) is 0 Å². The molecule has 17 heavy (non-hydrogen) atoms. The van der Waals surface area contributed by atoms with Gasteiger partial charge >= 0.3 is 5.97 Å². The third kappa shape index (κ3) is 1.76. The van der Waals surface area contributed by atoms with Crippen molar-refractivity contribution >= 4 is 39.9 Å². The number of carbonyl (C=O) groups excluding carboxylic acids is 1. The van der Waals surface area contributed by atoms with Crippen LogP contribution in [0.15, 0.2) is 6.20 Å². The van der Waals surface area contributed by atoms with Gasteiger partial charge in [-0.15, -0.1) is 0 Å². The molecule has 2 N–H and O–H groups in total. The van der Waals surface area contributed by atoms with Gasteiger partial charge in [0.25, 0.3) is 0 Å². The number of carbonyl (C=O) groups is 1. The summed E-state index contributed by atoms with van der Waals surface area (Å²) in [5.41, 5.74) is 9.07. The molecule has 0 bridgehead atoms. The van der Waals surface area contributed by atoms with Crippen LogP contribution in [0.4, 0.5) is 5.69 Å². The van der Waals surface area contributed by atoms with Crippen molar-refractivity contribution in [1.82, 2.24) is 9.38 Å². The number of methoxy groups -OCH3 is 1. The number of nitrogen functional groups attached to an aromatic ring is 1. The number of ether oxygens (including phenoxy) is 1. The van der Waals surface area contributed by atoms with Gasteiger partial charge in [-0.05, 0) is 36.4 Å². The summed E-state index contributed by atoms with van der Waals surface area (Å²) in [7, 11) is 1.33. The number of nitrogens with two attached hydrogens (primary N) is 1. The highest BCUT2D eigenvalue weighted by atomic mass is 127. The van der Waals surface area contributed by atoms with E-state index in [-0.39, 0.29) is 0 Å². The van der Waals surface area contributed by atoms with Gasteiger partial charge < -0.3 is 14.9 Å². The molecule has 0 saturated heterocycles. The van der Waals surface area contributed by atoms with E-state index in [1.165, 1.54) is 7.11 Å². The van der Waals surface area contributed by atoms with Crippen molar-refractivity contribution in [2.24, 2.45) is 0 Å². The Labute approximate surface area is 112 Å². The maximum absolute atomic E-state index is 11.8. The van der Waals surface area contributed by atoms with Crippen LogP contribution in [0.1, 0.15) is 21.7 Å². The number of fused-ring (bicyclic) bond motifs is 1. The summed E-state index contributed by atoms with van der Waals surface area (Å²) in [5, 5.41) is 0. The molecule has 0 aromatic carbocycles. The second-order valence-electron chi connectivity index (χ2n) is 3.73. The van der Waals surface area contributed by atoms with Crippen molar-refractivity contribution in [2.45, 2.75) is 13.8 Å². The number of anilines is 1. The second-order valence-corrected chi connectivity index (χ2v) is 4.90. The molecule has 0 unspecified atom stereocenters. The predicted molar refractivity (Wildman–Crippen MR) is 73.1 cm³/mol. The monoisotopic (exact) mass is 345 g/mol. The van der Waals surface area contributed by atoms with Crippen LogP contribution in [0.5, 0.6) is 0 Å². The van der Waals surface area contributed by atoms with Gasteiger partial charge in [-0.3, -0.25) is 0 Å². The van der Waals surface area contributed by atoms with Gasteiger partial charge in [-0.25, -0.2) is 9.78 Å². The molecule has 2 heterocycles. The molecular weight excluding hydrogens is 333 g/mol. The normalized spacial score (nSPS) is 10.8. The van der Waals surface area contributed by atoms with Crippen LogP contribution >= 0.6 is 22.6 Å². The fraction of sp³-hybridized carbons (Fsp3) is 0.273. The number of aryl methyl sites for hydroxylation is 2. The first-order valence-electron chi connectivity index (χ1n) is 4.99. The van der Waals surface area contributed by atoms with Gasteiger partial charge in [0.15, 0.2) is 5.65 Å². The highest BCUT2D eigenvalue weighted by Crippen LogP contribution is 2.26. The van der Waals surface area contributed by atoms with E-state index in [1.807, 2.05) is 24.4 Å². The predicted octanol–water partition coefficient (Wildman–Crippen LogP) is 1.92. The van der Waals surface area contributed by atoms with E-state index < -0.39 is 5.97 Å². The molecule has 0 amide bonds. The molecule has 0 aliphatic heterocycles. The smallest absolute Gasteiger partial charge is 0.343 e. The number of imidazole rings is 1. The zero-order valence-corrected chi connectivity index (χ0v) is 11.9. The number of halogens is 1. The summed E-state index contributed by atoms with van der Waals surface area (Å²) in [6, 6.07) is 0. The standard InChI is InChI=1S/C11H12IN3O2/c1-5-6(2)15-4-7(12)9(13)8(10(15)14-5)11(16)17-3/h4H,13H2,1-3H3. The van der Waals surface area contributed by atoms with E-state index in [4.69, 9.17) is 10.5 Å². The third-order valence-electron chi connectivity index (χ3n) is 2.77. The molecule has 0 aliphatic carbocycles. The summed E-state index contributed by atoms with van der Waals surface area (Å²) in [5.74, 6) is -0.462. The van der Waals surface area contributed by atoms with Gasteiger partial charge in [0.2, 0.25) is 0 Å². The Morgan fingerprint density at radius 3 is 2.76 bits per heavy atom. The van der Waals surface area contributed by atoms with Gasteiger partial charge in [0.05, 0.1) is 22.1 Å². The summed E-state index contributed by atoms with van der Waals surface area (Å²) in [6.45, 7) is 3.84. The first-order valence-corrected chi connectivity index (χ1v) is 6.06. The first-order chi connectivity index (χ1) is 7.97. The Morgan fingerprint density at radius 1 is 1.53 bits per heavy atom. The topological polar surface area (TPSA) is 69.6 Å². The van der Waals surface area contributed by atoms with E-state index in [1.54, 1.807) is 0 Å². The lowest BCUT2D eigenvalue weighted by Gasteiger charge is -2.08. The van der Waals surface area contributed by atoms with Gasteiger partial charge in [0.1, 0.15) is 5.56 Å². The summed E-state index contributed by atoms with van der Waals surface area (Å²) in [6.07, 6.45) is 1.87. The molecule has 0 aliphatic rings. The Kier molecular flexibility index (Phi) is 2.98. The Bertz CT molecular complexity index is 619. The van der Waals surface area contributed by atoms with Crippen molar-refractivity contribution in [2.75, 3.05) is 12.8 Å². The van der Waals surface area contributed by atoms with Gasteiger partial charge in [-0.2, -0.15) is 0 Å². The molecule has 2 rings (SSSR count). The highest BCUT2D eigenvalue weighted by molar-refractivity contribution is 14.1. The molecule has 2 aromatic heterocycles. The average molecular weight is 345 g/mol. The average Bonchev–Trinajstić information content (AvgIpc) is 2.57. The van der Waals surface area contributed by atoms with Gasteiger partial charge in [0, 0.05) is 11.9 Å². The molecule has 6 heteroatoms. The van der Waals surface area contributed by atoms with Crippen LogP contribution in [0.2, 0.25) is 0 Å². The lowest BCUT2D eigenvalue weighted by atomic mass is 10.2. The van der Waals surface area contributed by atoms with E-state index in [0.717, 1.165) is 15.0 Å². The number of hydrogen-bond acceptors (Lipinski definition) is 4. The number of pyridine rings is 1. The maximum Gasteiger partial charge on any atom is 0.343 e. The molecule has 0 fully saturated rings. The molecule has 2 aromatic rings. The zero-order valence-electron chi connectivity index (χ0n) is 9.74. The van der Waals surface area contributed by atoms with Crippen LogP contribution in [0, 0.1) is 17.4 Å². The number of aromatic nitrogens is 2. The molecule has 90 valence electrons. The first kappa shape index (κ1) is 12.2. The summed E-state index contributed by atoms with van der Waals surface area (Å²) in [4.78, 5) is 16.1. The molecule has 0 radical (unpaired) electrons. The minimum absolute atomic E-state index is 0.329. The zero-order chi connectivity index (χ0) is 12.7. The van der Waals surface area contributed by atoms with Crippen molar-refractivity contribution in [3.8, 4) is 0 Å². The minimum Gasteiger partial charge on any atom is -0.465 e. The number of esters is 1. The van der Waals surface area contributed by atoms with Crippen LogP contribution in [-0.4, -0.2) is 22.5 Å². The third-order valence-corrected chi connectivity index (χ3v) is 3.63. The SMILES string of the molecule is COC(=O)c1c(N)c(I)cn2c(C)c(C)nc12. The Balaban J connectivity index is 2.92. The Hall–Kier alpha value is -1.31. The van der Waals surface area contributed by atoms with E-state index in [9.17, 15) is 4.79 Å². The molecule has 0 atom stereocenters. The molecule has 0 spiro atoms. The molecular formula is C11H12IN3O2. The van der Waals surface area contributed by atoms with Crippen molar-refractivity contribution in [1.29, 1.82) is 0 Å². The minimum atomic E-state index is -0.462. The maximum atomic E-state index is 11.8. The Morgan fingerprint density at radius 2 is 2.18 bits per heavy atom. The lowest BCUT2D eigenvalue weighted by molar-refractivity contribution is 0.0603. The number of hydrogen-bond donors (Lipinski definition) is 1. The largest absolute Gasteiger partial charge is 0.465 e. The number of nitrogens with zero attached hydrogens (tertiary/aromatic N) is 2. The van der Waals surface area contributed by atoms with E-state index in [0.29, 0.717) is 16.9 Å². The fourth-order valence-corrected chi connectivity index (χ4v) is 2.24. The summed E-state index contributed by atoms with van der Waals surface area (Å²) >= 11 is 2.09. The van der Waals surface area contributed by atoms with Crippen LogP contribution in [0.25, 0.3) is 5.65 Å². The van der Waals surface area contributed by atoms with Crippen molar-refractivity contribution in [3.63, 3.8) is 0 Å². The van der Waals surface area contributed by atoms with E-state index >= 15 is 0 Å². The van der Waals surface area contributed by atoms with Crippen molar-refractivity contribution in [3.05, 3.63) is 26.7 Å². The fourth-order valence-electron chi connectivity index (χ4n) is 1.69. The van der Waals surface area contributed by atoms with E-state index in [2.05, 4.69) is 27.6 Å². The second kappa shape index (κ2) is 4.17.